The Morgan fingerprint density at radius 1 is 1.41 bits per heavy atom. The Bertz CT molecular complexity index is 525. The van der Waals surface area contributed by atoms with Crippen LogP contribution in [-0.4, -0.2) is 27.5 Å². The van der Waals surface area contributed by atoms with Gasteiger partial charge in [0.25, 0.3) is 5.88 Å². The fourth-order valence-corrected chi connectivity index (χ4v) is 1.46. The molecule has 0 spiro atoms. The summed E-state index contributed by atoms with van der Waals surface area (Å²) in [6, 6.07) is 9.32. The number of carboxylic acids is 1. The maximum Gasteiger partial charge on any atom is 0.341 e. The zero-order valence-corrected chi connectivity index (χ0v) is 9.46. The molecule has 0 aliphatic carbocycles. The highest BCUT2D eigenvalue weighted by atomic mass is 35.5. The lowest BCUT2D eigenvalue weighted by molar-refractivity contribution is -0.139. The molecule has 1 heterocycles. The Labute approximate surface area is 102 Å². The number of halogens is 1. The molecule has 0 aliphatic rings. The van der Waals surface area contributed by atoms with E-state index in [1.807, 2.05) is 30.3 Å². The highest BCUT2D eigenvalue weighted by Gasteiger charge is 2.10. The molecule has 0 saturated carbocycles. The van der Waals surface area contributed by atoms with Gasteiger partial charge >= 0.3 is 5.97 Å². The van der Waals surface area contributed by atoms with Gasteiger partial charge in [-0.25, -0.2) is 9.48 Å². The molecule has 1 aromatic carbocycles. The van der Waals surface area contributed by atoms with Gasteiger partial charge in [-0.1, -0.05) is 29.8 Å². The van der Waals surface area contributed by atoms with Crippen molar-refractivity contribution in [2.75, 3.05) is 6.61 Å². The normalized spacial score (nSPS) is 10.2. The number of hydrogen-bond acceptors (Lipinski definition) is 3. The average molecular weight is 253 g/mol. The molecule has 0 radical (unpaired) electrons. The van der Waals surface area contributed by atoms with Crippen LogP contribution in [0.25, 0.3) is 5.69 Å². The minimum Gasteiger partial charge on any atom is -0.479 e. The summed E-state index contributed by atoms with van der Waals surface area (Å²) in [6.45, 7) is -0.467. The molecule has 0 bridgehead atoms. The number of benzene rings is 1. The van der Waals surface area contributed by atoms with Gasteiger partial charge in [-0.15, -0.1) is 5.10 Å². The first-order chi connectivity index (χ1) is 8.16. The molecule has 17 heavy (non-hydrogen) atoms. The van der Waals surface area contributed by atoms with Gasteiger partial charge in [0.1, 0.15) is 5.02 Å². The standard InChI is InChI=1S/C11H9ClN2O3/c12-9-6-14(8-4-2-1-3-5-8)13-11(9)17-7-10(15)16/h1-6H,7H2,(H,15,16). The third-order valence-corrected chi connectivity index (χ3v) is 2.25. The summed E-state index contributed by atoms with van der Waals surface area (Å²) in [5, 5.41) is 12.8. The molecule has 0 atom stereocenters. The third kappa shape index (κ3) is 2.76. The van der Waals surface area contributed by atoms with Gasteiger partial charge in [-0.3, -0.25) is 0 Å². The Kier molecular flexibility index (Phi) is 3.30. The predicted molar refractivity (Wildman–Crippen MR) is 61.7 cm³/mol. The van der Waals surface area contributed by atoms with Crippen molar-refractivity contribution in [3.8, 4) is 11.6 Å². The fraction of sp³-hybridized carbons (Fsp3) is 0.0909. The number of aliphatic carboxylic acids is 1. The van der Waals surface area contributed by atoms with E-state index in [2.05, 4.69) is 5.10 Å². The topological polar surface area (TPSA) is 64.3 Å². The molecular weight excluding hydrogens is 244 g/mol. The maximum atomic E-state index is 10.4. The molecule has 5 nitrogen and oxygen atoms in total. The van der Waals surface area contributed by atoms with Crippen molar-refractivity contribution in [1.82, 2.24) is 9.78 Å². The predicted octanol–water partition coefficient (Wildman–Crippen LogP) is 1.99. The van der Waals surface area contributed by atoms with Crippen molar-refractivity contribution in [3.63, 3.8) is 0 Å². The Morgan fingerprint density at radius 3 is 2.76 bits per heavy atom. The zero-order chi connectivity index (χ0) is 12.3. The van der Waals surface area contributed by atoms with Crippen molar-refractivity contribution in [2.24, 2.45) is 0 Å². The van der Waals surface area contributed by atoms with Crippen molar-refractivity contribution in [2.45, 2.75) is 0 Å². The highest BCUT2D eigenvalue weighted by Crippen LogP contribution is 2.23. The van der Waals surface area contributed by atoms with Gasteiger partial charge in [0.15, 0.2) is 6.61 Å². The van der Waals surface area contributed by atoms with Crippen LogP contribution < -0.4 is 4.74 Å². The first-order valence-electron chi connectivity index (χ1n) is 4.82. The van der Waals surface area contributed by atoms with E-state index in [-0.39, 0.29) is 10.9 Å². The minimum absolute atomic E-state index is 0.109. The molecule has 2 rings (SSSR count). The number of hydrogen-bond donors (Lipinski definition) is 1. The number of ether oxygens (including phenoxy) is 1. The molecule has 1 aromatic heterocycles. The van der Waals surface area contributed by atoms with E-state index in [1.165, 1.54) is 4.68 Å². The summed E-state index contributed by atoms with van der Waals surface area (Å²) >= 11 is 5.88. The van der Waals surface area contributed by atoms with Gasteiger partial charge in [0, 0.05) is 0 Å². The number of para-hydroxylation sites is 1. The van der Waals surface area contributed by atoms with E-state index in [4.69, 9.17) is 21.4 Å². The monoisotopic (exact) mass is 252 g/mol. The van der Waals surface area contributed by atoms with Crippen LogP contribution in [0.5, 0.6) is 5.88 Å². The molecule has 6 heteroatoms. The summed E-state index contributed by atoms with van der Waals surface area (Å²) < 4.78 is 6.46. The van der Waals surface area contributed by atoms with Crippen LogP contribution in [0.2, 0.25) is 5.02 Å². The second kappa shape index (κ2) is 4.88. The van der Waals surface area contributed by atoms with Gasteiger partial charge in [0.2, 0.25) is 0 Å². The van der Waals surface area contributed by atoms with Crippen LogP contribution in [0.4, 0.5) is 0 Å². The van der Waals surface area contributed by atoms with E-state index in [9.17, 15) is 4.79 Å². The summed E-state index contributed by atoms with van der Waals surface area (Å²) in [5.41, 5.74) is 0.819. The second-order valence-corrected chi connectivity index (χ2v) is 3.65. The number of nitrogens with zero attached hydrogens (tertiary/aromatic N) is 2. The van der Waals surface area contributed by atoms with Gasteiger partial charge in [-0.2, -0.15) is 0 Å². The molecule has 2 aromatic rings. The average Bonchev–Trinajstić information content (AvgIpc) is 2.69. The molecule has 88 valence electrons. The Balaban J connectivity index is 2.22. The van der Waals surface area contributed by atoms with Crippen molar-refractivity contribution in [3.05, 3.63) is 41.6 Å². The van der Waals surface area contributed by atoms with Crippen LogP contribution >= 0.6 is 11.6 Å². The van der Waals surface area contributed by atoms with Gasteiger partial charge in [-0.05, 0) is 12.1 Å². The molecular formula is C11H9ClN2O3. The highest BCUT2D eigenvalue weighted by molar-refractivity contribution is 6.31. The fourth-order valence-electron chi connectivity index (χ4n) is 1.28. The summed E-state index contributed by atoms with van der Waals surface area (Å²) in [6.07, 6.45) is 1.56. The lowest BCUT2D eigenvalue weighted by Crippen LogP contribution is -2.10. The summed E-state index contributed by atoms with van der Waals surface area (Å²) in [4.78, 5) is 10.4. The molecule has 0 aliphatic heterocycles. The van der Waals surface area contributed by atoms with Crippen LogP contribution in [0, 0.1) is 0 Å². The second-order valence-electron chi connectivity index (χ2n) is 3.24. The van der Waals surface area contributed by atoms with E-state index in [1.54, 1.807) is 6.20 Å². The third-order valence-electron chi connectivity index (χ3n) is 1.99. The first-order valence-corrected chi connectivity index (χ1v) is 5.20. The molecule has 0 amide bonds. The van der Waals surface area contributed by atoms with Crippen molar-refractivity contribution < 1.29 is 14.6 Å². The SMILES string of the molecule is O=C(O)COc1nn(-c2ccccc2)cc1Cl. The molecule has 1 N–H and O–H groups in total. The van der Waals surface area contributed by atoms with Crippen molar-refractivity contribution >= 4 is 17.6 Å². The Hall–Kier alpha value is -2.01. The number of rotatable bonds is 4. The van der Waals surface area contributed by atoms with Gasteiger partial charge in [0.05, 0.1) is 11.9 Å². The van der Waals surface area contributed by atoms with E-state index in [0.29, 0.717) is 0 Å². The van der Waals surface area contributed by atoms with E-state index in [0.717, 1.165) is 5.69 Å². The summed E-state index contributed by atoms with van der Waals surface area (Å²) in [7, 11) is 0. The number of carbonyl (C=O) groups is 1. The number of carboxylic acid groups (broad SMARTS) is 1. The maximum absolute atomic E-state index is 10.4. The van der Waals surface area contributed by atoms with Gasteiger partial charge < -0.3 is 9.84 Å². The van der Waals surface area contributed by atoms with Crippen LogP contribution in [0.3, 0.4) is 0 Å². The number of aromatic nitrogens is 2. The first kappa shape index (κ1) is 11.5. The quantitative estimate of drug-likeness (QED) is 0.904. The van der Waals surface area contributed by atoms with Crippen molar-refractivity contribution in [1.29, 1.82) is 0 Å². The van der Waals surface area contributed by atoms with E-state index < -0.39 is 12.6 Å². The van der Waals surface area contributed by atoms with Crippen LogP contribution in [0.15, 0.2) is 36.5 Å². The zero-order valence-electron chi connectivity index (χ0n) is 8.71. The summed E-state index contributed by atoms with van der Waals surface area (Å²) in [5.74, 6) is -0.965. The molecule has 0 fully saturated rings. The molecule has 0 unspecified atom stereocenters. The lowest BCUT2D eigenvalue weighted by Gasteiger charge is -2.00. The van der Waals surface area contributed by atoms with Crippen LogP contribution in [0.1, 0.15) is 0 Å². The van der Waals surface area contributed by atoms with E-state index >= 15 is 0 Å². The minimum atomic E-state index is -1.07. The van der Waals surface area contributed by atoms with Crippen LogP contribution in [-0.2, 0) is 4.79 Å². The lowest BCUT2D eigenvalue weighted by atomic mass is 10.3. The Morgan fingerprint density at radius 2 is 2.12 bits per heavy atom. The smallest absolute Gasteiger partial charge is 0.341 e. The molecule has 0 saturated heterocycles. The largest absolute Gasteiger partial charge is 0.479 e.